The molecule has 1 aromatic heterocycles. The zero-order valence-electron chi connectivity index (χ0n) is 25.1. The Morgan fingerprint density at radius 1 is 0.935 bits per heavy atom. The average Bonchev–Trinajstić information content (AvgIpc) is 3.46. The van der Waals surface area contributed by atoms with E-state index in [1.807, 2.05) is 38.1 Å². The number of benzene rings is 4. The Balaban J connectivity index is 1.29. The molecule has 4 aromatic carbocycles. The van der Waals surface area contributed by atoms with Gasteiger partial charge < -0.3 is 20.7 Å². The molecule has 0 saturated carbocycles. The molecule has 0 fully saturated rings. The molecule has 1 atom stereocenters. The van der Waals surface area contributed by atoms with Gasteiger partial charge in [0.15, 0.2) is 5.13 Å². The number of thioether (sulfide) groups is 1. The number of nitrogens with zero attached hydrogens (tertiary/aromatic N) is 1. The number of hydrogen-bond donors (Lipinski definition) is 3. The molecular weight excluding hydrogens is 624 g/mol. The summed E-state index contributed by atoms with van der Waals surface area (Å²) in [6.07, 6.45) is 1.84. The molecular formula is C35H31FN4O4S2. The Kier molecular flexibility index (Phi) is 10.8. The van der Waals surface area contributed by atoms with Crippen molar-refractivity contribution in [2.45, 2.75) is 30.4 Å². The Morgan fingerprint density at radius 2 is 1.72 bits per heavy atom. The van der Waals surface area contributed by atoms with Gasteiger partial charge in [-0.3, -0.25) is 14.4 Å². The average molecular weight is 655 g/mol. The lowest BCUT2D eigenvalue weighted by Crippen LogP contribution is -2.30. The first kappa shape index (κ1) is 32.4. The molecule has 0 aliphatic rings. The molecule has 0 radical (unpaired) electrons. The molecule has 1 unspecified atom stereocenters. The summed E-state index contributed by atoms with van der Waals surface area (Å²) in [5.41, 5.74) is 1.57. The number of aromatic nitrogens is 1. The van der Waals surface area contributed by atoms with Crippen molar-refractivity contribution < 1.29 is 23.5 Å². The van der Waals surface area contributed by atoms with Crippen LogP contribution < -0.4 is 20.7 Å². The standard InChI is InChI=1S/C35H31FN4O4S2/c1-3-30(34(43)40-35-39-28-18-17-25(44-4-2)21-31(28)46-35)45-26-15-10-14-24(20-26)37-33(42)29(19-23-13-8-9-16-27(23)36)38-32(41)22-11-6-5-7-12-22/h5-21,30H,3-4H2,1-2H3,(H,37,42)(H,38,41)(H,39,40,43)/b29-19-. The number of carbonyl (C=O) groups excluding carboxylic acids is 3. The van der Waals surface area contributed by atoms with Crippen LogP contribution in [-0.2, 0) is 9.59 Å². The Labute approximate surface area is 274 Å². The van der Waals surface area contributed by atoms with Crippen LogP contribution in [0.2, 0.25) is 0 Å². The van der Waals surface area contributed by atoms with Gasteiger partial charge in [-0.05, 0) is 74.0 Å². The van der Waals surface area contributed by atoms with Crippen LogP contribution in [0.25, 0.3) is 16.3 Å². The van der Waals surface area contributed by atoms with E-state index >= 15 is 0 Å². The van der Waals surface area contributed by atoms with E-state index in [-0.39, 0.29) is 17.2 Å². The number of amides is 3. The van der Waals surface area contributed by atoms with E-state index in [2.05, 4.69) is 20.9 Å². The second-order valence-electron chi connectivity index (χ2n) is 9.97. The highest BCUT2D eigenvalue weighted by atomic mass is 32.2. The third-order valence-electron chi connectivity index (χ3n) is 6.67. The molecule has 234 valence electrons. The lowest BCUT2D eigenvalue weighted by Gasteiger charge is -2.15. The second kappa shape index (κ2) is 15.3. The summed E-state index contributed by atoms with van der Waals surface area (Å²) in [7, 11) is 0. The van der Waals surface area contributed by atoms with Crippen LogP contribution in [0.1, 0.15) is 36.2 Å². The van der Waals surface area contributed by atoms with Gasteiger partial charge in [-0.25, -0.2) is 9.37 Å². The number of nitrogens with one attached hydrogen (secondary N) is 3. The molecule has 0 bridgehead atoms. The van der Waals surface area contributed by atoms with E-state index in [4.69, 9.17) is 4.74 Å². The minimum absolute atomic E-state index is 0.132. The minimum Gasteiger partial charge on any atom is -0.494 e. The van der Waals surface area contributed by atoms with Crippen molar-refractivity contribution in [2.75, 3.05) is 17.2 Å². The number of thiazole rings is 1. The molecule has 5 aromatic rings. The van der Waals surface area contributed by atoms with Crippen LogP contribution in [0.15, 0.2) is 108 Å². The lowest BCUT2D eigenvalue weighted by atomic mass is 10.1. The fourth-order valence-electron chi connectivity index (χ4n) is 4.42. The maximum Gasteiger partial charge on any atom is 0.272 e. The van der Waals surface area contributed by atoms with Gasteiger partial charge in [0.05, 0.1) is 22.1 Å². The zero-order valence-corrected chi connectivity index (χ0v) is 26.7. The van der Waals surface area contributed by atoms with Gasteiger partial charge in [0.2, 0.25) is 5.91 Å². The van der Waals surface area contributed by atoms with Gasteiger partial charge in [-0.1, -0.05) is 60.7 Å². The number of rotatable bonds is 12. The van der Waals surface area contributed by atoms with Crippen molar-refractivity contribution in [1.82, 2.24) is 10.3 Å². The first-order valence-corrected chi connectivity index (χ1v) is 16.3. The van der Waals surface area contributed by atoms with E-state index in [9.17, 15) is 18.8 Å². The molecule has 0 aliphatic heterocycles. The highest BCUT2D eigenvalue weighted by Crippen LogP contribution is 2.32. The number of ether oxygens (including phenoxy) is 1. The fraction of sp³-hybridized carbons (Fsp3) is 0.143. The summed E-state index contributed by atoms with van der Waals surface area (Å²) in [6.45, 7) is 4.40. The lowest BCUT2D eigenvalue weighted by molar-refractivity contribution is -0.116. The summed E-state index contributed by atoms with van der Waals surface area (Å²) in [5.74, 6) is -1.13. The first-order valence-electron chi connectivity index (χ1n) is 14.6. The van der Waals surface area contributed by atoms with Gasteiger partial charge in [-0.2, -0.15) is 0 Å². The Bertz CT molecular complexity index is 1890. The summed E-state index contributed by atoms with van der Waals surface area (Å²) in [5, 5.41) is 8.41. The highest BCUT2D eigenvalue weighted by molar-refractivity contribution is 8.00. The van der Waals surface area contributed by atoms with Crippen LogP contribution >= 0.6 is 23.1 Å². The first-order chi connectivity index (χ1) is 22.3. The second-order valence-corrected chi connectivity index (χ2v) is 12.3. The Morgan fingerprint density at radius 3 is 2.48 bits per heavy atom. The molecule has 0 aliphatic carbocycles. The summed E-state index contributed by atoms with van der Waals surface area (Å²) < 4.78 is 21.0. The van der Waals surface area contributed by atoms with Crippen LogP contribution in [0.4, 0.5) is 15.2 Å². The van der Waals surface area contributed by atoms with Crippen LogP contribution in [0.5, 0.6) is 5.75 Å². The van der Waals surface area contributed by atoms with Crippen molar-refractivity contribution in [3.8, 4) is 5.75 Å². The van der Waals surface area contributed by atoms with Crippen molar-refractivity contribution in [1.29, 1.82) is 0 Å². The zero-order chi connectivity index (χ0) is 32.5. The third-order valence-corrected chi connectivity index (χ3v) is 8.96. The van der Waals surface area contributed by atoms with E-state index in [0.29, 0.717) is 29.4 Å². The number of halogens is 1. The van der Waals surface area contributed by atoms with Gasteiger partial charge >= 0.3 is 0 Å². The normalized spacial score (nSPS) is 11.9. The van der Waals surface area contributed by atoms with Crippen LogP contribution in [-0.4, -0.2) is 34.6 Å². The van der Waals surface area contributed by atoms with E-state index < -0.39 is 22.9 Å². The van der Waals surface area contributed by atoms with Gasteiger partial charge in [-0.15, -0.1) is 11.8 Å². The molecule has 5 rings (SSSR count). The summed E-state index contributed by atoms with van der Waals surface area (Å²) in [4.78, 5) is 44.8. The quantitative estimate of drug-likeness (QED) is 0.0938. The van der Waals surface area contributed by atoms with Crippen LogP contribution in [0.3, 0.4) is 0 Å². The van der Waals surface area contributed by atoms with E-state index in [1.54, 1.807) is 60.7 Å². The predicted molar refractivity (Wildman–Crippen MR) is 183 cm³/mol. The molecule has 0 saturated heterocycles. The SMILES string of the molecule is CCOc1ccc2nc(NC(=O)C(CC)Sc3cccc(NC(=O)/C(=C/c4ccccc4F)NC(=O)c4ccccc4)c3)sc2c1. The molecule has 3 N–H and O–H groups in total. The molecule has 46 heavy (non-hydrogen) atoms. The number of fused-ring (bicyclic) bond motifs is 1. The molecule has 8 nitrogen and oxygen atoms in total. The summed E-state index contributed by atoms with van der Waals surface area (Å²) >= 11 is 2.73. The van der Waals surface area contributed by atoms with Crippen molar-refractivity contribution in [3.05, 3.63) is 120 Å². The third kappa shape index (κ3) is 8.38. The molecule has 11 heteroatoms. The number of anilines is 2. The van der Waals surface area contributed by atoms with Crippen molar-refractivity contribution in [2.24, 2.45) is 0 Å². The monoisotopic (exact) mass is 654 g/mol. The van der Waals surface area contributed by atoms with Crippen molar-refractivity contribution in [3.63, 3.8) is 0 Å². The largest absolute Gasteiger partial charge is 0.494 e. The highest BCUT2D eigenvalue weighted by Gasteiger charge is 2.21. The maximum absolute atomic E-state index is 14.5. The minimum atomic E-state index is -0.636. The smallest absolute Gasteiger partial charge is 0.272 e. The van der Waals surface area contributed by atoms with Gasteiger partial charge in [0.1, 0.15) is 17.3 Å². The predicted octanol–water partition coefficient (Wildman–Crippen LogP) is 7.75. The Hall–Kier alpha value is -5.00. The van der Waals surface area contributed by atoms with Crippen LogP contribution in [0, 0.1) is 5.82 Å². The summed E-state index contributed by atoms with van der Waals surface area (Å²) in [6, 6.07) is 27.0. The maximum atomic E-state index is 14.5. The number of carbonyl (C=O) groups is 3. The van der Waals surface area contributed by atoms with Gasteiger partial charge in [0.25, 0.3) is 11.8 Å². The van der Waals surface area contributed by atoms with Crippen molar-refractivity contribution >= 4 is 67.9 Å². The molecule has 1 heterocycles. The van der Waals surface area contributed by atoms with E-state index in [0.717, 1.165) is 20.9 Å². The topological polar surface area (TPSA) is 109 Å². The molecule has 0 spiro atoms. The fourth-order valence-corrected chi connectivity index (χ4v) is 6.33. The molecule has 3 amide bonds. The van der Waals surface area contributed by atoms with E-state index in [1.165, 1.54) is 41.3 Å². The number of hydrogen-bond acceptors (Lipinski definition) is 7. The van der Waals surface area contributed by atoms with Gasteiger partial charge in [0, 0.05) is 21.7 Å².